The van der Waals surface area contributed by atoms with Gasteiger partial charge in [-0.3, -0.25) is 14.9 Å². The van der Waals surface area contributed by atoms with Crippen molar-refractivity contribution < 1.29 is 23.9 Å². The number of para-hydroxylation sites is 2. The van der Waals surface area contributed by atoms with Gasteiger partial charge in [-0.1, -0.05) is 41.9 Å². The van der Waals surface area contributed by atoms with Crippen molar-refractivity contribution >= 4 is 29.4 Å². The number of hydrazone groups is 1. The standard InChI is InChI=1S/C23H20ClN3O6/c1-31-22-12-16(10-11-21(22)32-14-17-6-2-3-7-18(17)24)13-25-26-23(28)15-33-20-9-5-4-8-19(20)27(29)30/h2-13H,14-15H2,1H3,(H,26,28). The van der Waals surface area contributed by atoms with Crippen molar-refractivity contribution in [2.75, 3.05) is 13.7 Å². The molecule has 0 aliphatic carbocycles. The molecule has 0 saturated carbocycles. The molecule has 3 aromatic carbocycles. The van der Waals surface area contributed by atoms with E-state index in [1.54, 1.807) is 30.3 Å². The second-order valence-electron chi connectivity index (χ2n) is 6.60. The summed E-state index contributed by atoms with van der Waals surface area (Å²) in [5.41, 5.74) is 3.57. The maximum atomic E-state index is 11.9. The Morgan fingerprint density at radius 3 is 2.58 bits per heavy atom. The zero-order chi connectivity index (χ0) is 23.6. The van der Waals surface area contributed by atoms with Gasteiger partial charge in [-0.05, 0) is 35.9 Å². The smallest absolute Gasteiger partial charge is 0.310 e. The number of amides is 1. The van der Waals surface area contributed by atoms with Crippen LogP contribution in [0.2, 0.25) is 5.02 Å². The Bertz CT molecular complexity index is 1170. The number of hydrogen-bond acceptors (Lipinski definition) is 7. The van der Waals surface area contributed by atoms with E-state index in [0.29, 0.717) is 22.1 Å². The summed E-state index contributed by atoms with van der Waals surface area (Å²) >= 11 is 6.15. The van der Waals surface area contributed by atoms with Crippen molar-refractivity contribution in [3.05, 3.63) is 93.0 Å². The highest BCUT2D eigenvalue weighted by Crippen LogP contribution is 2.29. The molecule has 3 rings (SSSR count). The molecule has 0 saturated heterocycles. The van der Waals surface area contributed by atoms with E-state index in [4.69, 9.17) is 25.8 Å². The van der Waals surface area contributed by atoms with Crippen LogP contribution in [0.4, 0.5) is 5.69 Å². The Morgan fingerprint density at radius 1 is 1.06 bits per heavy atom. The third-order valence-electron chi connectivity index (χ3n) is 4.35. The third-order valence-corrected chi connectivity index (χ3v) is 4.72. The number of methoxy groups -OCH3 is 1. The molecule has 0 aliphatic heterocycles. The Kier molecular flexibility index (Phi) is 8.20. The first-order chi connectivity index (χ1) is 16.0. The molecule has 0 aromatic heterocycles. The van der Waals surface area contributed by atoms with Gasteiger partial charge in [0.1, 0.15) is 6.61 Å². The van der Waals surface area contributed by atoms with Gasteiger partial charge >= 0.3 is 5.69 Å². The lowest BCUT2D eigenvalue weighted by Gasteiger charge is -2.12. The van der Waals surface area contributed by atoms with Gasteiger partial charge in [0, 0.05) is 16.7 Å². The number of nitro groups is 1. The summed E-state index contributed by atoms with van der Waals surface area (Å²) in [5.74, 6) is 0.434. The number of halogens is 1. The first-order valence-corrected chi connectivity index (χ1v) is 10.1. The van der Waals surface area contributed by atoms with E-state index >= 15 is 0 Å². The summed E-state index contributed by atoms with van der Waals surface area (Å²) in [6.07, 6.45) is 1.42. The number of ether oxygens (including phenoxy) is 3. The van der Waals surface area contributed by atoms with Crippen LogP contribution < -0.4 is 19.6 Å². The summed E-state index contributed by atoms with van der Waals surface area (Å²) in [6, 6.07) is 18.3. The number of benzene rings is 3. The van der Waals surface area contributed by atoms with E-state index < -0.39 is 17.4 Å². The first kappa shape index (κ1) is 23.6. The van der Waals surface area contributed by atoms with Crippen molar-refractivity contribution in [2.45, 2.75) is 6.61 Å². The minimum atomic E-state index is -0.583. The molecule has 1 amide bonds. The maximum absolute atomic E-state index is 11.9. The zero-order valence-corrected chi connectivity index (χ0v) is 18.3. The predicted octanol–water partition coefficient (Wildman–Crippen LogP) is 4.36. The number of nitro benzene ring substituents is 1. The second-order valence-corrected chi connectivity index (χ2v) is 7.00. The van der Waals surface area contributed by atoms with E-state index in [-0.39, 0.29) is 18.0 Å². The lowest BCUT2D eigenvalue weighted by molar-refractivity contribution is -0.385. The number of carbonyl (C=O) groups excluding carboxylic acids is 1. The van der Waals surface area contributed by atoms with Crippen LogP contribution >= 0.6 is 11.6 Å². The fourth-order valence-corrected chi connectivity index (χ4v) is 2.93. The van der Waals surface area contributed by atoms with E-state index in [1.165, 1.54) is 31.5 Å². The zero-order valence-electron chi connectivity index (χ0n) is 17.6. The van der Waals surface area contributed by atoms with Crippen molar-refractivity contribution in [3.63, 3.8) is 0 Å². The Morgan fingerprint density at radius 2 is 1.82 bits per heavy atom. The van der Waals surface area contributed by atoms with Gasteiger partial charge < -0.3 is 14.2 Å². The van der Waals surface area contributed by atoms with Crippen LogP contribution in [0, 0.1) is 10.1 Å². The van der Waals surface area contributed by atoms with Crippen LogP contribution in [-0.2, 0) is 11.4 Å². The average Bonchev–Trinajstić information content (AvgIpc) is 2.82. The summed E-state index contributed by atoms with van der Waals surface area (Å²) < 4.78 is 16.4. The molecular formula is C23H20ClN3O6. The first-order valence-electron chi connectivity index (χ1n) is 9.70. The molecule has 0 aliphatic rings. The van der Waals surface area contributed by atoms with Gasteiger partial charge in [0.25, 0.3) is 5.91 Å². The molecule has 0 unspecified atom stereocenters. The monoisotopic (exact) mass is 469 g/mol. The molecule has 0 fully saturated rings. The molecule has 10 heteroatoms. The highest BCUT2D eigenvalue weighted by molar-refractivity contribution is 6.31. The summed E-state index contributed by atoms with van der Waals surface area (Å²) in [4.78, 5) is 22.3. The van der Waals surface area contributed by atoms with E-state index in [9.17, 15) is 14.9 Å². The van der Waals surface area contributed by atoms with Crippen molar-refractivity contribution in [2.24, 2.45) is 5.10 Å². The van der Waals surface area contributed by atoms with E-state index in [0.717, 1.165) is 5.56 Å². The van der Waals surface area contributed by atoms with Crippen molar-refractivity contribution in [1.29, 1.82) is 0 Å². The number of nitrogens with zero attached hydrogens (tertiary/aromatic N) is 2. The molecule has 9 nitrogen and oxygen atoms in total. The molecule has 170 valence electrons. The van der Waals surface area contributed by atoms with Crippen LogP contribution in [0.5, 0.6) is 17.2 Å². The van der Waals surface area contributed by atoms with Gasteiger partial charge in [-0.15, -0.1) is 0 Å². The summed E-state index contributed by atoms with van der Waals surface area (Å²) in [7, 11) is 1.51. The Balaban J connectivity index is 1.55. The molecule has 33 heavy (non-hydrogen) atoms. The van der Waals surface area contributed by atoms with Crippen molar-refractivity contribution in [3.8, 4) is 17.2 Å². The maximum Gasteiger partial charge on any atom is 0.310 e. The highest BCUT2D eigenvalue weighted by atomic mass is 35.5. The lowest BCUT2D eigenvalue weighted by Crippen LogP contribution is -2.24. The topological polar surface area (TPSA) is 112 Å². The fraction of sp³-hybridized carbons (Fsp3) is 0.130. The Labute approximate surface area is 194 Å². The molecular weight excluding hydrogens is 450 g/mol. The van der Waals surface area contributed by atoms with Crippen LogP contribution in [-0.4, -0.2) is 30.8 Å². The lowest BCUT2D eigenvalue weighted by atomic mass is 10.2. The van der Waals surface area contributed by atoms with E-state index in [1.807, 2.05) is 18.2 Å². The quantitative estimate of drug-likeness (QED) is 0.268. The SMILES string of the molecule is COc1cc(C=NNC(=O)COc2ccccc2[N+](=O)[O-])ccc1OCc1ccccc1Cl. The highest BCUT2D eigenvalue weighted by Gasteiger charge is 2.14. The summed E-state index contributed by atoms with van der Waals surface area (Å²) in [5, 5.41) is 15.5. The fourth-order valence-electron chi connectivity index (χ4n) is 2.74. The van der Waals surface area contributed by atoms with Crippen molar-refractivity contribution in [1.82, 2.24) is 5.43 Å². The van der Waals surface area contributed by atoms with Crippen LogP contribution in [0.1, 0.15) is 11.1 Å². The third kappa shape index (κ3) is 6.68. The van der Waals surface area contributed by atoms with Gasteiger partial charge in [0.05, 0.1) is 18.2 Å². The van der Waals surface area contributed by atoms with Crippen LogP contribution in [0.25, 0.3) is 0 Å². The number of rotatable bonds is 10. The number of carbonyl (C=O) groups is 1. The number of nitrogens with one attached hydrogen (secondary N) is 1. The van der Waals surface area contributed by atoms with Crippen LogP contribution in [0.3, 0.4) is 0 Å². The molecule has 0 radical (unpaired) electrons. The predicted molar refractivity (Wildman–Crippen MR) is 123 cm³/mol. The molecule has 1 N–H and O–H groups in total. The van der Waals surface area contributed by atoms with E-state index in [2.05, 4.69) is 10.5 Å². The van der Waals surface area contributed by atoms with Gasteiger partial charge in [-0.25, -0.2) is 5.43 Å². The molecule has 0 heterocycles. The largest absolute Gasteiger partial charge is 0.493 e. The van der Waals surface area contributed by atoms with Crippen LogP contribution in [0.15, 0.2) is 71.8 Å². The van der Waals surface area contributed by atoms with Gasteiger partial charge in [0.15, 0.2) is 23.9 Å². The van der Waals surface area contributed by atoms with Gasteiger partial charge in [-0.2, -0.15) is 5.10 Å². The van der Waals surface area contributed by atoms with Gasteiger partial charge in [0.2, 0.25) is 0 Å². The minimum absolute atomic E-state index is 0.00116. The Hall–Kier alpha value is -4.11. The average molecular weight is 470 g/mol. The minimum Gasteiger partial charge on any atom is -0.493 e. The molecule has 3 aromatic rings. The summed E-state index contributed by atoms with van der Waals surface area (Å²) in [6.45, 7) is -0.153. The molecule has 0 spiro atoms. The second kappa shape index (κ2) is 11.5. The molecule has 0 bridgehead atoms. The molecule has 0 atom stereocenters. The normalized spacial score (nSPS) is 10.6. The number of hydrogen-bond donors (Lipinski definition) is 1.